The van der Waals surface area contributed by atoms with Crippen molar-refractivity contribution < 1.29 is 23.7 Å². The molecule has 0 amide bonds. The fourth-order valence-corrected chi connectivity index (χ4v) is 4.42. The zero-order chi connectivity index (χ0) is 16.9. The molecule has 0 aliphatic heterocycles. The van der Waals surface area contributed by atoms with Gasteiger partial charge in [0.05, 0.1) is 20.8 Å². The molecule has 0 aromatic heterocycles. The molecule has 0 spiro atoms. The first-order valence-corrected chi connectivity index (χ1v) is 8.96. The second-order valence-electron chi connectivity index (χ2n) is 4.84. The first kappa shape index (κ1) is 17.5. The lowest BCUT2D eigenvalue weighted by Gasteiger charge is -2.24. The second kappa shape index (κ2) is 7.64. The topological polar surface area (TPSA) is 65.0 Å². The van der Waals surface area contributed by atoms with Gasteiger partial charge < -0.3 is 19.1 Å². The zero-order valence-corrected chi connectivity index (χ0v) is 14.3. The standard InChI is InChI=1S/C17H21O5P/c1-4-22-23(19,14-8-6-5-7-9-14)17(18)13-10-11-15(20-2)16(12-13)21-3/h5-12,17-18H,4H2,1-3H3/t17-,23?/m0/s1. The molecule has 1 N–H and O–H groups in total. The van der Waals surface area contributed by atoms with Crippen LogP contribution >= 0.6 is 7.37 Å². The van der Waals surface area contributed by atoms with E-state index in [1.54, 1.807) is 49.4 Å². The van der Waals surface area contributed by atoms with Crippen molar-refractivity contribution in [2.75, 3.05) is 20.8 Å². The van der Waals surface area contributed by atoms with Gasteiger partial charge in [-0.25, -0.2) is 0 Å². The zero-order valence-electron chi connectivity index (χ0n) is 13.4. The monoisotopic (exact) mass is 336 g/mol. The molecule has 0 saturated heterocycles. The van der Waals surface area contributed by atoms with Crippen LogP contribution in [-0.4, -0.2) is 25.9 Å². The number of ether oxygens (including phenoxy) is 2. The molecule has 0 bridgehead atoms. The number of hydrogen-bond acceptors (Lipinski definition) is 5. The molecule has 0 fully saturated rings. The molecule has 5 nitrogen and oxygen atoms in total. The molecule has 1 unspecified atom stereocenters. The van der Waals surface area contributed by atoms with Crippen LogP contribution in [0.4, 0.5) is 0 Å². The molecule has 23 heavy (non-hydrogen) atoms. The Balaban J connectivity index is 2.46. The highest BCUT2D eigenvalue weighted by molar-refractivity contribution is 7.67. The molecule has 124 valence electrons. The molecule has 2 atom stereocenters. The van der Waals surface area contributed by atoms with E-state index in [9.17, 15) is 9.67 Å². The summed E-state index contributed by atoms with van der Waals surface area (Å²) < 4.78 is 29.2. The molecule has 2 aromatic rings. The van der Waals surface area contributed by atoms with Gasteiger partial charge in [0.1, 0.15) is 0 Å². The summed E-state index contributed by atoms with van der Waals surface area (Å²) in [4.78, 5) is 0. The summed E-state index contributed by atoms with van der Waals surface area (Å²) in [6, 6.07) is 13.7. The van der Waals surface area contributed by atoms with Crippen LogP contribution in [-0.2, 0) is 9.09 Å². The Hall–Kier alpha value is -1.81. The minimum absolute atomic E-state index is 0.233. The molecule has 2 aromatic carbocycles. The van der Waals surface area contributed by atoms with E-state index in [0.29, 0.717) is 22.4 Å². The van der Waals surface area contributed by atoms with Crippen molar-refractivity contribution in [1.82, 2.24) is 0 Å². The smallest absolute Gasteiger partial charge is 0.264 e. The van der Waals surface area contributed by atoms with Crippen molar-refractivity contribution in [1.29, 1.82) is 0 Å². The van der Waals surface area contributed by atoms with Crippen molar-refractivity contribution in [2.45, 2.75) is 12.8 Å². The van der Waals surface area contributed by atoms with E-state index < -0.39 is 13.2 Å². The molecular formula is C17H21O5P. The highest BCUT2D eigenvalue weighted by atomic mass is 31.2. The molecule has 0 aliphatic rings. The summed E-state index contributed by atoms with van der Waals surface area (Å²) >= 11 is 0. The maximum Gasteiger partial charge on any atom is 0.264 e. The minimum Gasteiger partial charge on any atom is -0.493 e. The van der Waals surface area contributed by atoms with E-state index in [0.717, 1.165) is 0 Å². The van der Waals surface area contributed by atoms with Crippen LogP contribution in [0.3, 0.4) is 0 Å². The number of methoxy groups -OCH3 is 2. The third kappa shape index (κ3) is 3.58. The van der Waals surface area contributed by atoms with Gasteiger partial charge in [-0.05, 0) is 36.8 Å². The second-order valence-corrected chi connectivity index (χ2v) is 7.30. The first-order chi connectivity index (χ1) is 11.1. The lowest BCUT2D eigenvalue weighted by Crippen LogP contribution is -2.14. The highest BCUT2D eigenvalue weighted by Gasteiger charge is 2.36. The number of benzene rings is 2. The van der Waals surface area contributed by atoms with Gasteiger partial charge in [0.15, 0.2) is 17.3 Å². The van der Waals surface area contributed by atoms with Crippen molar-refractivity contribution in [2.24, 2.45) is 0 Å². The van der Waals surface area contributed by atoms with Crippen LogP contribution in [0.15, 0.2) is 48.5 Å². The molecule has 6 heteroatoms. The summed E-state index contributed by atoms with van der Waals surface area (Å²) in [5.74, 6) is -0.292. The van der Waals surface area contributed by atoms with Gasteiger partial charge in [0.25, 0.3) is 7.37 Å². The average Bonchev–Trinajstić information content (AvgIpc) is 2.61. The van der Waals surface area contributed by atoms with E-state index >= 15 is 0 Å². The number of aliphatic hydroxyl groups is 1. The Bertz CT molecular complexity index is 687. The summed E-state index contributed by atoms with van der Waals surface area (Å²) in [6.07, 6.45) is 0. The lowest BCUT2D eigenvalue weighted by molar-refractivity contribution is 0.218. The van der Waals surface area contributed by atoms with E-state index in [1.165, 1.54) is 14.2 Å². The Morgan fingerprint density at radius 2 is 1.70 bits per heavy atom. The Labute approximate surface area is 136 Å². The number of aliphatic hydroxyl groups excluding tert-OH is 1. The van der Waals surface area contributed by atoms with Gasteiger partial charge >= 0.3 is 0 Å². The van der Waals surface area contributed by atoms with Crippen molar-refractivity contribution in [3.05, 3.63) is 54.1 Å². The normalized spacial score (nSPS) is 14.8. The molecular weight excluding hydrogens is 315 g/mol. The van der Waals surface area contributed by atoms with Crippen LogP contribution < -0.4 is 14.8 Å². The van der Waals surface area contributed by atoms with Crippen LogP contribution in [0.25, 0.3) is 0 Å². The van der Waals surface area contributed by atoms with Gasteiger partial charge in [0.2, 0.25) is 0 Å². The van der Waals surface area contributed by atoms with Gasteiger partial charge in [0, 0.05) is 5.30 Å². The van der Waals surface area contributed by atoms with Crippen molar-refractivity contribution in [3.8, 4) is 11.5 Å². The number of hydrogen-bond donors (Lipinski definition) is 1. The van der Waals surface area contributed by atoms with Crippen LogP contribution in [0.5, 0.6) is 11.5 Å². The molecule has 0 saturated carbocycles. The number of rotatable bonds is 7. The van der Waals surface area contributed by atoms with Crippen molar-refractivity contribution >= 4 is 12.7 Å². The van der Waals surface area contributed by atoms with Crippen LogP contribution in [0, 0.1) is 0 Å². The molecule has 2 rings (SSSR count). The summed E-state index contributed by atoms with van der Waals surface area (Å²) in [6.45, 7) is 1.98. The Morgan fingerprint density at radius 3 is 2.26 bits per heavy atom. The summed E-state index contributed by atoms with van der Waals surface area (Å²) in [5, 5.41) is 11.2. The van der Waals surface area contributed by atoms with Crippen LogP contribution in [0.1, 0.15) is 18.3 Å². The Morgan fingerprint density at radius 1 is 1.04 bits per heavy atom. The fourth-order valence-electron chi connectivity index (χ4n) is 2.32. The summed E-state index contributed by atoms with van der Waals surface area (Å²) in [7, 11) is -0.441. The SMILES string of the molecule is CCOP(=O)(c1ccccc1)[C@H](O)c1ccc(OC)c(OC)c1. The quantitative estimate of drug-likeness (QED) is 0.786. The van der Waals surface area contributed by atoms with Crippen LogP contribution in [0.2, 0.25) is 0 Å². The van der Waals surface area contributed by atoms with E-state index in [1.807, 2.05) is 6.07 Å². The fraction of sp³-hybridized carbons (Fsp3) is 0.294. The third-order valence-corrected chi connectivity index (χ3v) is 6.07. The van der Waals surface area contributed by atoms with E-state index in [2.05, 4.69) is 0 Å². The minimum atomic E-state index is -3.48. The van der Waals surface area contributed by atoms with E-state index in [4.69, 9.17) is 14.0 Å². The average molecular weight is 336 g/mol. The maximum atomic E-state index is 13.3. The molecule has 0 heterocycles. The highest BCUT2D eigenvalue weighted by Crippen LogP contribution is 2.58. The van der Waals surface area contributed by atoms with Gasteiger partial charge in [-0.3, -0.25) is 4.57 Å². The van der Waals surface area contributed by atoms with Crippen molar-refractivity contribution in [3.63, 3.8) is 0 Å². The largest absolute Gasteiger partial charge is 0.493 e. The summed E-state index contributed by atoms with van der Waals surface area (Å²) in [5.41, 5.74) is 0.447. The molecule has 0 aliphatic carbocycles. The predicted octanol–water partition coefficient (Wildman–Crippen LogP) is 3.33. The predicted molar refractivity (Wildman–Crippen MR) is 89.8 cm³/mol. The molecule has 0 radical (unpaired) electrons. The Kier molecular flexibility index (Phi) is 5.83. The van der Waals surface area contributed by atoms with Gasteiger partial charge in [-0.15, -0.1) is 0 Å². The first-order valence-electron chi connectivity index (χ1n) is 7.26. The third-order valence-electron chi connectivity index (χ3n) is 3.46. The van der Waals surface area contributed by atoms with Gasteiger partial charge in [-0.2, -0.15) is 0 Å². The van der Waals surface area contributed by atoms with Gasteiger partial charge in [-0.1, -0.05) is 24.3 Å². The lowest BCUT2D eigenvalue weighted by atomic mass is 10.2. The van der Waals surface area contributed by atoms with E-state index in [-0.39, 0.29) is 6.61 Å². The maximum absolute atomic E-state index is 13.3.